The molecule has 158 valence electrons. The number of aromatic nitrogens is 2. The van der Waals surface area contributed by atoms with Crippen LogP contribution in [0.5, 0.6) is 5.75 Å². The number of ether oxygens (including phenoxy) is 1. The van der Waals surface area contributed by atoms with E-state index < -0.39 is 0 Å². The Morgan fingerprint density at radius 3 is 2.72 bits per heavy atom. The zero-order valence-corrected chi connectivity index (χ0v) is 20.2. The van der Waals surface area contributed by atoms with Crippen molar-refractivity contribution < 1.29 is 4.74 Å². The van der Waals surface area contributed by atoms with Gasteiger partial charge in [-0.25, -0.2) is 4.98 Å². The minimum absolute atomic E-state index is 0. The SMILES string of the molecule is CN=C(NCc1cnc(N(C)C)n1C)N1CC=C(c2cccc(OC)c2)CC1.I. The van der Waals surface area contributed by atoms with Crippen LogP contribution in [-0.2, 0) is 13.6 Å². The van der Waals surface area contributed by atoms with Crippen molar-refractivity contribution in [2.24, 2.45) is 12.0 Å². The molecule has 1 N–H and O–H groups in total. The summed E-state index contributed by atoms with van der Waals surface area (Å²) in [5.74, 6) is 2.75. The number of nitrogens with zero attached hydrogens (tertiary/aromatic N) is 5. The molecular formula is C21H31IN6O. The fraction of sp³-hybridized carbons (Fsp3) is 0.429. The number of nitrogens with one attached hydrogen (secondary N) is 1. The topological polar surface area (TPSA) is 57.9 Å². The first-order valence-electron chi connectivity index (χ1n) is 9.50. The molecule has 7 nitrogen and oxygen atoms in total. The van der Waals surface area contributed by atoms with Crippen LogP contribution in [0.4, 0.5) is 5.95 Å². The van der Waals surface area contributed by atoms with Crippen molar-refractivity contribution in [2.75, 3.05) is 46.2 Å². The number of guanidine groups is 1. The molecule has 0 spiro atoms. The molecule has 2 heterocycles. The van der Waals surface area contributed by atoms with Crippen LogP contribution >= 0.6 is 24.0 Å². The smallest absolute Gasteiger partial charge is 0.204 e. The number of aliphatic imine (C=N–C) groups is 1. The van der Waals surface area contributed by atoms with Crippen molar-refractivity contribution in [1.29, 1.82) is 0 Å². The van der Waals surface area contributed by atoms with E-state index in [-0.39, 0.29) is 24.0 Å². The molecule has 0 fully saturated rings. The van der Waals surface area contributed by atoms with E-state index in [1.165, 1.54) is 11.1 Å². The Labute approximate surface area is 190 Å². The molecule has 2 aromatic rings. The lowest BCUT2D eigenvalue weighted by atomic mass is 9.99. The monoisotopic (exact) mass is 510 g/mol. The first-order chi connectivity index (χ1) is 13.5. The molecule has 8 heteroatoms. The number of imidazole rings is 1. The lowest BCUT2D eigenvalue weighted by Crippen LogP contribution is -2.43. The third kappa shape index (κ3) is 5.43. The van der Waals surface area contributed by atoms with Crippen molar-refractivity contribution in [3.8, 4) is 5.75 Å². The van der Waals surface area contributed by atoms with E-state index in [0.717, 1.165) is 42.9 Å². The Balaban J connectivity index is 0.00000300. The molecule has 3 rings (SSSR count). The van der Waals surface area contributed by atoms with Gasteiger partial charge in [-0.3, -0.25) is 4.99 Å². The molecule has 0 aliphatic carbocycles. The molecule has 1 aromatic heterocycles. The van der Waals surface area contributed by atoms with Crippen molar-refractivity contribution in [3.05, 3.63) is 47.8 Å². The Morgan fingerprint density at radius 1 is 1.34 bits per heavy atom. The van der Waals surface area contributed by atoms with Crippen molar-refractivity contribution in [3.63, 3.8) is 0 Å². The van der Waals surface area contributed by atoms with Gasteiger partial charge in [-0.05, 0) is 29.7 Å². The number of methoxy groups -OCH3 is 1. The van der Waals surface area contributed by atoms with Gasteiger partial charge in [-0.1, -0.05) is 18.2 Å². The number of hydrogen-bond acceptors (Lipinski definition) is 4. The predicted molar refractivity (Wildman–Crippen MR) is 130 cm³/mol. The van der Waals surface area contributed by atoms with Crippen LogP contribution in [0, 0.1) is 0 Å². The third-order valence-electron chi connectivity index (χ3n) is 5.05. The maximum Gasteiger partial charge on any atom is 0.204 e. The summed E-state index contributed by atoms with van der Waals surface area (Å²) in [4.78, 5) is 13.2. The third-order valence-corrected chi connectivity index (χ3v) is 5.05. The van der Waals surface area contributed by atoms with Crippen molar-refractivity contribution in [1.82, 2.24) is 19.8 Å². The molecule has 0 saturated heterocycles. The van der Waals surface area contributed by atoms with Gasteiger partial charge in [0.05, 0.1) is 25.5 Å². The summed E-state index contributed by atoms with van der Waals surface area (Å²) < 4.78 is 7.44. The Morgan fingerprint density at radius 2 is 2.14 bits per heavy atom. The number of hydrogen-bond donors (Lipinski definition) is 1. The van der Waals surface area contributed by atoms with Gasteiger partial charge in [0.25, 0.3) is 0 Å². The summed E-state index contributed by atoms with van der Waals surface area (Å²) in [6.07, 6.45) is 5.16. The molecular weight excluding hydrogens is 479 g/mol. The molecule has 1 aromatic carbocycles. The van der Waals surface area contributed by atoms with Gasteiger partial charge in [-0.15, -0.1) is 24.0 Å². The highest BCUT2D eigenvalue weighted by molar-refractivity contribution is 14.0. The second-order valence-electron chi connectivity index (χ2n) is 7.06. The highest BCUT2D eigenvalue weighted by Gasteiger charge is 2.17. The van der Waals surface area contributed by atoms with E-state index in [4.69, 9.17) is 4.74 Å². The van der Waals surface area contributed by atoms with Crippen LogP contribution in [0.3, 0.4) is 0 Å². The largest absolute Gasteiger partial charge is 0.497 e. The number of benzene rings is 1. The second kappa shape index (κ2) is 10.5. The van der Waals surface area contributed by atoms with Crippen LogP contribution in [-0.4, -0.2) is 61.8 Å². The average Bonchev–Trinajstić information content (AvgIpc) is 3.09. The zero-order valence-electron chi connectivity index (χ0n) is 17.8. The first-order valence-corrected chi connectivity index (χ1v) is 9.50. The van der Waals surface area contributed by atoms with Crippen LogP contribution in [0.25, 0.3) is 5.57 Å². The number of halogens is 1. The highest BCUT2D eigenvalue weighted by Crippen LogP contribution is 2.25. The standard InChI is InChI=1S/C21H30N6O.HI/c1-22-20(23-14-18-15-24-21(25(2)3)26(18)4)27-11-9-16(10-12-27)17-7-6-8-19(13-17)28-5;/h6-9,13,15H,10-12,14H2,1-5H3,(H,22,23);1H. The average molecular weight is 510 g/mol. The van der Waals surface area contributed by atoms with E-state index in [1.54, 1.807) is 7.11 Å². The Hall–Kier alpha value is -2.23. The van der Waals surface area contributed by atoms with Crippen LogP contribution in [0.15, 0.2) is 41.5 Å². The summed E-state index contributed by atoms with van der Waals surface area (Å²) >= 11 is 0. The van der Waals surface area contributed by atoms with Gasteiger partial charge < -0.3 is 24.4 Å². The molecule has 0 bridgehead atoms. The summed E-state index contributed by atoms with van der Waals surface area (Å²) in [6.45, 7) is 2.45. The van der Waals surface area contributed by atoms with Gasteiger partial charge in [0.1, 0.15) is 5.75 Å². The summed E-state index contributed by atoms with van der Waals surface area (Å²) in [5, 5.41) is 3.47. The summed E-state index contributed by atoms with van der Waals surface area (Å²) in [7, 11) is 9.57. The Bertz CT molecular complexity index is 874. The van der Waals surface area contributed by atoms with Gasteiger partial charge in [-0.2, -0.15) is 0 Å². The van der Waals surface area contributed by atoms with Gasteiger partial charge in [0.15, 0.2) is 5.96 Å². The van der Waals surface area contributed by atoms with Crippen molar-refractivity contribution >= 4 is 41.5 Å². The molecule has 0 amide bonds. The van der Waals surface area contributed by atoms with E-state index in [2.05, 4.69) is 43.0 Å². The van der Waals surface area contributed by atoms with Gasteiger partial charge in [0, 0.05) is 41.3 Å². The van der Waals surface area contributed by atoms with E-state index in [0.29, 0.717) is 6.54 Å². The quantitative estimate of drug-likeness (QED) is 0.381. The molecule has 0 atom stereocenters. The van der Waals surface area contributed by atoms with Gasteiger partial charge in [0.2, 0.25) is 5.95 Å². The number of rotatable bonds is 5. The van der Waals surface area contributed by atoms with Crippen molar-refractivity contribution in [2.45, 2.75) is 13.0 Å². The lowest BCUT2D eigenvalue weighted by Gasteiger charge is -2.30. The number of anilines is 1. The fourth-order valence-corrected chi connectivity index (χ4v) is 3.46. The molecule has 1 aliphatic heterocycles. The lowest BCUT2D eigenvalue weighted by molar-refractivity contribution is 0.414. The molecule has 0 radical (unpaired) electrons. The minimum Gasteiger partial charge on any atom is -0.497 e. The predicted octanol–water partition coefficient (Wildman–Crippen LogP) is 2.98. The van der Waals surface area contributed by atoms with E-state index in [1.807, 2.05) is 51.4 Å². The highest BCUT2D eigenvalue weighted by atomic mass is 127. The first kappa shape index (κ1) is 23.1. The van der Waals surface area contributed by atoms with Crippen LogP contribution < -0.4 is 15.0 Å². The van der Waals surface area contributed by atoms with E-state index >= 15 is 0 Å². The maximum absolute atomic E-state index is 5.35. The molecule has 1 aliphatic rings. The van der Waals surface area contributed by atoms with Gasteiger partial charge >= 0.3 is 0 Å². The molecule has 0 saturated carbocycles. The minimum atomic E-state index is 0. The van der Waals surface area contributed by atoms with E-state index in [9.17, 15) is 0 Å². The molecule has 29 heavy (non-hydrogen) atoms. The summed E-state index contributed by atoms with van der Waals surface area (Å²) in [6, 6.07) is 8.25. The van der Waals surface area contributed by atoms with Crippen LogP contribution in [0.2, 0.25) is 0 Å². The maximum atomic E-state index is 5.35. The summed E-state index contributed by atoms with van der Waals surface area (Å²) in [5.41, 5.74) is 3.70. The zero-order chi connectivity index (χ0) is 20.1. The molecule has 0 unspecified atom stereocenters. The van der Waals surface area contributed by atoms with Crippen LogP contribution in [0.1, 0.15) is 17.7 Å². The second-order valence-corrected chi connectivity index (χ2v) is 7.06. The fourth-order valence-electron chi connectivity index (χ4n) is 3.46. The normalized spacial score (nSPS) is 14.2. The Kier molecular flexibility index (Phi) is 8.36.